The third kappa shape index (κ3) is 4.04. The van der Waals surface area contributed by atoms with Crippen molar-refractivity contribution in [3.8, 4) is 11.3 Å². The van der Waals surface area contributed by atoms with Gasteiger partial charge in [-0.15, -0.1) is 0 Å². The molecule has 0 fully saturated rings. The number of imidazole rings is 1. The minimum atomic E-state index is -0.340. The Hall–Kier alpha value is -2.86. The number of benzene rings is 2. The maximum atomic E-state index is 12.3. The van der Waals surface area contributed by atoms with Crippen molar-refractivity contribution in [3.63, 3.8) is 0 Å². The Balaban J connectivity index is 1.76. The number of aromatic nitrogens is 3. The number of esters is 1. The zero-order valence-corrected chi connectivity index (χ0v) is 19.6. The number of hydrogen-bond acceptors (Lipinski definition) is 3. The zero-order chi connectivity index (χ0) is 22.0. The van der Waals surface area contributed by atoms with Crippen LogP contribution in [0.15, 0.2) is 59.3 Å². The van der Waals surface area contributed by atoms with Gasteiger partial charge in [-0.2, -0.15) is 0 Å². The average molecular weight is 480 g/mol. The first-order valence-electron chi connectivity index (χ1n) is 10.5. The molecule has 0 saturated carbocycles. The SMILES string of the molecule is CCCCc1nccn1Cc1ccc2c(c1)c(Br)c(-c1ccccc1C(=O)OC)n2C. The Bertz CT molecular complexity index is 1240. The van der Waals surface area contributed by atoms with Crippen molar-refractivity contribution in [1.82, 2.24) is 14.1 Å². The molecule has 0 spiro atoms. The van der Waals surface area contributed by atoms with E-state index in [0.29, 0.717) is 5.56 Å². The van der Waals surface area contributed by atoms with E-state index >= 15 is 0 Å². The van der Waals surface area contributed by atoms with E-state index in [1.165, 1.54) is 12.7 Å². The molecule has 0 aliphatic carbocycles. The maximum absolute atomic E-state index is 12.3. The predicted octanol–water partition coefficient (Wildman–Crippen LogP) is 5.98. The van der Waals surface area contributed by atoms with Gasteiger partial charge in [-0.25, -0.2) is 9.78 Å². The first kappa shape index (κ1) is 21.4. The van der Waals surface area contributed by atoms with Crippen LogP contribution in [0.5, 0.6) is 0 Å². The van der Waals surface area contributed by atoms with Gasteiger partial charge in [-0.3, -0.25) is 0 Å². The van der Waals surface area contributed by atoms with Crippen LogP contribution in [0.2, 0.25) is 0 Å². The summed E-state index contributed by atoms with van der Waals surface area (Å²) in [6.45, 7) is 2.98. The van der Waals surface area contributed by atoms with Crippen molar-refractivity contribution in [3.05, 3.63) is 76.3 Å². The molecule has 0 radical (unpaired) electrons. The van der Waals surface area contributed by atoms with E-state index in [2.05, 4.69) is 55.2 Å². The van der Waals surface area contributed by atoms with E-state index in [-0.39, 0.29) is 5.97 Å². The molecule has 160 valence electrons. The number of nitrogens with zero attached hydrogens (tertiary/aromatic N) is 3. The third-order valence-corrected chi connectivity index (χ3v) is 6.50. The van der Waals surface area contributed by atoms with Gasteiger partial charge >= 0.3 is 5.97 Å². The lowest BCUT2D eigenvalue weighted by atomic mass is 10.0. The smallest absolute Gasteiger partial charge is 0.338 e. The molecular formula is C25H26BrN3O2. The zero-order valence-electron chi connectivity index (χ0n) is 18.1. The Morgan fingerprint density at radius 3 is 2.77 bits per heavy atom. The predicted molar refractivity (Wildman–Crippen MR) is 127 cm³/mol. The van der Waals surface area contributed by atoms with Crippen LogP contribution in [0.1, 0.15) is 41.5 Å². The highest BCUT2D eigenvalue weighted by Gasteiger charge is 2.20. The Morgan fingerprint density at radius 2 is 2.00 bits per heavy atom. The first-order chi connectivity index (χ1) is 15.0. The van der Waals surface area contributed by atoms with Gasteiger partial charge in [-0.1, -0.05) is 37.6 Å². The molecule has 0 saturated heterocycles. The molecule has 0 N–H and O–H groups in total. The van der Waals surface area contributed by atoms with E-state index in [4.69, 9.17) is 4.74 Å². The minimum absolute atomic E-state index is 0.340. The summed E-state index contributed by atoms with van der Waals surface area (Å²) in [7, 11) is 3.43. The lowest BCUT2D eigenvalue weighted by Gasteiger charge is -2.10. The van der Waals surface area contributed by atoms with Crippen LogP contribution in [0, 0.1) is 0 Å². The number of unbranched alkanes of at least 4 members (excludes halogenated alkanes) is 1. The normalized spacial score (nSPS) is 11.2. The highest BCUT2D eigenvalue weighted by atomic mass is 79.9. The van der Waals surface area contributed by atoms with Gasteiger partial charge in [0.2, 0.25) is 0 Å². The van der Waals surface area contributed by atoms with Gasteiger partial charge < -0.3 is 13.9 Å². The molecule has 31 heavy (non-hydrogen) atoms. The van der Waals surface area contributed by atoms with Crippen molar-refractivity contribution in [2.24, 2.45) is 7.05 Å². The number of hydrogen-bond donors (Lipinski definition) is 0. The number of carbonyl (C=O) groups excluding carboxylic acids is 1. The van der Waals surface area contributed by atoms with Crippen LogP contribution in [0.3, 0.4) is 0 Å². The van der Waals surface area contributed by atoms with Gasteiger partial charge in [-0.05, 0) is 46.1 Å². The van der Waals surface area contributed by atoms with Gasteiger partial charge in [0.1, 0.15) is 5.82 Å². The Kier molecular flexibility index (Phi) is 6.28. The van der Waals surface area contributed by atoms with Gasteiger partial charge in [0, 0.05) is 48.9 Å². The number of ether oxygens (including phenoxy) is 1. The second-order valence-electron chi connectivity index (χ2n) is 7.69. The van der Waals surface area contributed by atoms with E-state index in [0.717, 1.165) is 58.3 Å². The fourth-order valence-electron chi connectivity index (χ4n) is 4.07. The number of carbonyl (C=O) groups is 1. The summed E-state index contributed by atoms with van der Waals surface area (Å²) in [6, 6.07) is 14.1. The minimum Gasteiger partial charge on any atom is -0.465 e. The summed E-state index contributed by atoms with van der Waals surface area (Å²) in [4.78, 5) is 16.9. The first-order valence-corrected chi connectivity index (χ1v) is 11.3. The highest BCUT2D eigenvalue weighted by Crippen LogP contribution is 2.39. The van der Waals surface area contributed by atoms with Crippen molar-refractivity contribution in [1.29, 1.82) is 0 Å². The molecule has 0 unspecified atom stereocenters. The highest BCUT2D eigenvalue weighted by molar-refractivity contribution is 9.10. The van der Waals surface area contributed by atoms with Crippen molar-refractivity contribution in [2.45, 2.75) is 32.7 Å². The van der Waals surface area contributed by atoms with Gasteiger partial charge in [0.05, 0.1) is 22.8 Å². The molecule has 0 amide bonds. The second-order valence-corrected chi connectivity index (χ2v) is 8.48. The number of rotatable bonds is 7. The molecule has 2 aromatic carbocycles. The lowest BCUT2D eigenvalue weighted by molar-refractivity contribution is 0.0601. The monoisotopic (exact) mass is 479 g/mol. The van der Waals surface area contributed by atoms with Crippen molar-refractivity contribution in [2.75, 3.05) is 7.11 Å². The molecule has 0 aliphatic heterocycles. The maximum Gasteiger partial charge on any atom is 0.338 e. The average Bonchev–Trinajstić information content (AvgIpc) is 3.33. The summed E-state index contributed by atoms with van der Waals surface area (Å²) in [5.41, 5.74) is 4.66. The summed E-state index contributed by atoms with van der Waals surface area (Å²) in [6.07, 6.45) is 7.22. The molecule has 0 atom stereocenters. The lowest BCUT2D eigenvalue weighted by Crippen LogP contribution is -2.05. The van der Waals surface area contributed by atoms with Crippen LogP contribution in [-0.2, 0) is 24.8 Å². The number of fused-ring (bicyclic) bond motifs is 1. The summed E-state index contributed by atoms with van der Waals surface area (Å²) >= 11 is 3.81. The van der Waals surface area contributed by atoms with E-state index < -0.39 is 0 Å². The van der Waals surface area contributed by atoms with Crippen LogP contribution in [-0.4, -0.2) is 27.2 Å². The Morgan fingerprint density at radius 1 is 1.19 bits per heavy atom. The molecule has 4 rings (SSSR count). The summed E-state index contributed by atoms with van der Waals surface area (Å²) < 4.78 is 10.3. The van der Waals surface area contributed by atoms with E-state index in [1.54, 1.807) is 6.07 Å². The topological polar surface area (TPSA) is 49.1 Å². The number of halogens is 1. The molecule has 0 bridgehead atoms. The standard InChI is InChI=1S/C25H26BrN3O2/c1-4-5-10-22-27-13-14-29(22)16-17-11-12-21-20(15-17)23(26)24(28(21)2)18-8-6-7-9-19(18)25(30)31-3/h6-9,11-15H,4-5,10,16H2,1-3H3. The molecule has 2 heterocycles. The van der Waals surface area contributed by atoms with E-state index in [9.17, 15) is 4.79 Å². The second kappa shape index (κ2) is 9.10. The van der Waals surface area contributed by atoms with E-state index in [1.807, 2.05) is 37.6 Å². The molecular weight excluding hydrogens is 454 g/mol. The molecule has 0 aliphatic rings. The fourth-order valence-corrected chi connectivity index (χ4v) is 4.86. The van der Waals surface area contributed by atoms with Crippen LogP contribution in [0.25, 0.3) is 22.2 Å². The Labute approximate surface area is 190 Å². The van der Waals surface area contributed by atoms with Gasteiger partial charge in [0.15, 0.2) is 0 Å². The largest absolute Gasteiger partial charge is 0.465 e. The third-order valence-electron chi connectivity index (χ3n) is 5.70. The number of aryl methyl sites for hydroxylation is 2. The van der Waals surface area contributed by atoms with Crippen LogP contribution in [0.4, 0.5) is 0 Å². The number of methoxy groups -OCH3 is 1. The molecule has 4 aromatic rings. The quantitative estimate of drug-likeness (QED) is 0.306. The summed E-state index contributed by atoms with van der Waals surface area (Å²) in [5.74, 6) is 0.787. The van der Waals surface area contributed by atoms with Crippen LogP contribution >= 0.6 is 15.9 Å². The van der Waals surface area contributed by atoms with Gasteiger partial charge in [0.25, 0.3) is 0 Å². The van der Waals surface area contributed by atoms with Crippen molar-refractivity contribution >= 4 is 32.8 Å². The molecule has 5 nitrogen and oxygen atoms in total. The molecule has 2 aromatic heterocycles. The van der Waals surface area contributed by atoms with Crippen molar-refractivity contribution < 1.29 is 9.53 Å². The van der Waals surface area contributed by atoms with Crippen LogP contribution < -0.4 is 0 Å². The fraction of sp³-hybridized carbons (Fsp3) is 0.280. The summed E-state index contributed by atoms with van der Waals surface area (Å²) in [5, 5.41) is 1.12. The molecule has 6 heteroatoms.